The Morgan fingerprint density at radius 3 is 3.00 bits per heavy atom. The van der Waals surface area contributed by atoms with Crippen LogP contribution in [0.5, 0.6) is 0 Å². The summed E-state index contributed by atoms with van der Waals surface area (Å²) in [5.41, 5.74) is 2.62. The highest BCUT2D eigenvalue weighted by atomic mass is 16.5. The van der Waals surface area contributed by atoms with Gasteiger partial charge in [0.25, 0.3) is 11.6 Å². The van der Waals surface area contributed by atoms with Crippen molar-refractivity contribution in [1.29, 1.82) is 0 Å². The molecule has 0 saturated carbocycles. The summed E-state index contributed by atoms with van der Waals surface area (Å²) < 4.78 is 5.20. The normalized spacial score (nSPS) is 19.6. The van der Waals surface area contributed by atoms with Gasteiger partial charge in [0.2, 0.25) is 0 Å². The fourth-order valence-corrected chi connectivity index (χ4v) is 2.93. The van der Waals surface area contributed by atoms with Crippen LogP contribution in [0.3, 0.4) is 0 Å². The number of hydrogen-bond acceptors (Lipinski definition) is 4. The Morgan fingerprint density at radius 2 is 2.25 bits per heavy atom. The summed E-state index contributed by atoms with van der Waals surface area (Å²) in [6, 6.07) is 1.84. The van der Waals surface area contributed by atoms with Crippen LogP contribution in [0.4, 0.5) is 0 Å². The van der Waals surface area contributed by atoms with Crippen molar-refractivity contribution >= 4 is 17.0 Å². The van der Waals surface area contributed by atoms with Crippen molar-refractivity contribution in [3.05, 3.63) is 23.0 Å². The van der Waals surface area contributed by atoms with Crippen LogP contribution in [-0.4, -0.2) is 34.0 Å². The summed E-state index contributed by atoms with van der Waals surface area (Å²) in [4.78, 5) is 19.0. The van der Waals surface area contributed by atoms with Gasteiger partial charge in [-0.2, -0.15) is 0 Å². The Morgan fingerprint density at radius 1 is 1.45 bits per heavy atom. The maximum atomic E-state index is 12.8. The molecule has 1 aliphatic rings. The van der Waals surface area contributed by atoms with Gasteiger partial charge in [0, 0.05) is 18.8 Å². The van der Waals surface area contributed by atoms with Gasteiger partial charge in [-0.3, -0.25) is 4.79 Å². The molecule has 0 radical (unpaired) electrons. The second-order valence-electron chi connectivity index (χ2n) is 5.76. The standard InChI is InChI=1S/C15H19N3O2/c1-9-5-4-6-18(8-9)15(19)12-7-10(2)16-14-13(12)11(3)17-20-14/h7,9H,4-6,8H2,1-3H3/t9-/m0/s1. The summed E-state index contributed by atoms with van der Waals surface area (Å²) in [5, 5.41) is 4.68. The smallest absolute Gasteiger partial charge is 0.258 e. The summed E-state index contributed by atoms with van der Waals surface area (Å²) in [7, 11) is 0. The van der Waals surface area contributed by atoms with E-state index in [2.05, 4.69) is 17.1 Å². The van der Waals surface area contributed by atoms with Crippen molar-refractivity contribution in [1.82, 2.24) is 15.0 Å². The minimum Gasteiger partial charge on any atom is -0.338 e. The molecule has 0 aliphatic carbocycles. The Kier molecular flexibility index (Phi) is 3.20. The number of likely N-dealkylation sites (tertiary alicyclic amines) is 1. The summed E-state index contributed by atoms with van der Waals surface area (Å²) in [6.07, 6.45) is 2.27. The molecule has 0 bridgehead atoms. The van der Waals surface area contributed by atoms with E-state index < -0.39 is 0 Å². The van der Waals surface area contributed by atoms with Crippen LogP contribution in [0.2, 0.25) is 0 Å². The van der Waals surface area contributed by atoms with Gasteiger partial charge < -0.3 is 9.42 Å². The second kappa shape index (κ2) is 4.89. The zero-order valence-electron chi connectivity index (χ0n) is 12.1. The lowest BCUT2D eigenvalue weighted by molar-refractivity contribution is 0.0685. The molecular formula is C15H19N3O2. The highest BCUT2D eigenvalue weighted by Crippen LogP contribution is 2.25. The first-order valence-electron chi connectivity index (χ1n) is 7.09. The van der Waals surface area contributed by atoms with Crippen LogP contribution >= 0.6 is 0 Å². The van der Waals surface area contributed by atoms with Crippen molar-refractivity contribution in [2.75, 3.05) is 13.1 Å². The third-order valence-corrected chi connectivity index (χ3v) is 3.92. The van der Waals surface area contributed by atoms with Crippen LogP contribution in [0.1, 0.15) is 41.5 Å². The molecule has 3 rings (SSSR count). The van der Waals surface area contributed by atoms with Crippen molar-refractivity contribution in [3.63, 3.8) is 0 Å². The number of carbonyl (C=O) groups excluding carboxylic acids is 1. The minimum atomic E-state index is 0.0679. The van der Waals surface area contributed by atoms with Crippen molar-refractivity contribution < 1.29 is 9.32 Å². The summed E-state index contributed by atoms with van der Waals surface area (Å²) in [6.45, 7) is 7.56. The third kappa shape index (κ3) is 2.17. The van der Waals surface area contributed by atoms with Gasteiger partial charge in [-0.15, -0.1) is 0 Å². The Bertz CT molecular complexity index is 662. The lowest BCUT2D eigenvalue weighted by Gasteiger charge is -2.31. The van der Waals surface area contributed by atoms with E-state index in [4.69, 9.17) is 4.52 Å². The Labute approximate surface area is 117 Å². The van der Waals surface area contributed by atoms with E-state index in [-0.39, 0.29) is 5.91 Å². The molecule has 5 heteroatoms. The van der Waals surface area contributed by atoms with Gasteiger partial charge in [-0.25, -0.2) is 4.98 Å². The molecule has 0 N–H and O–H groups in total. The number of rotatable bonds is 1. The number of fused-ring (bicyclic) bond motifs is 1. The zero-order chi connectivity index (χ0) is 14.3. The van der Waals surface area contributed by atoms with Crippen LogP contribution in [0, 0.1) is 19.8 Å². The largest absolute Gasteiger partial charge is 0.338 e. The summed E-state index contributed by atoms with van der Waals surface area (Å²) >= 11 is 0. The highest BCUT2D eigenvalue weighted by Gasteiger charge is 2.25. The fraction of sp³-hybridized carbons (Fsp3) is 0.533. The molecule has 1 saturated heterocycles. The van der Waals surface area contributed by atoms with Crippen molar-refractivity contribution in [2.45, 2.75) is 33.6 Å². The molecule has 3 heterocycles. The average molecular weight is 273 g/mol. The van der Waals surface area contributed by atoms with Gasteiger partial charge in [0.05, 0.1) is 16.6 Å². The first kappa shape index (κ1) is 13.1. The predicted octanol–water partition coefficient (Wildman–Crippen LogP) is 2.71. The first-order chi connectivity index (χ1) is 9.56. The first-order valence-corrected chi connectivity index (χ1v) is 7.09. The van der Waals surface area contributed by atoms with E-state index in [1.165, 1.54) is 6.42 Å². The molecule has 0 unspecified atom stereocenters. The molecule has 5 nitrogen and oxygen atoms in total. The topological polar surface area (TPSA) is 59.2 Å². The van der Waals surface area contributed by atoms with E-state index >= 15 is 0 Å². The predicted molar refractivity (Wildman–Crippen MR) is 75.6 cm³/mol. The fourth-order valence-electron chi connectivity index (χ4n) is 2.93. The molecule has 1 atom stereocenters. The lowest BCUT2D eigenvalue weighted by Crippen LogP contribution is -2.39. The number of amides is 1. The number of aromatic nitrogens is 2. The SMILES string of the molecule is Cc1cc(C(=O)N2CCC[C@H](C)C2)c2c(C)noc2n1. The maximum absolute atomic E-state index is 12.8. The monoisotopic (exact) mass is 273 g/mol. The number of pyridine rings is 1. The van der Waals surface area contributed by atoms with Gasteiger partial charge in [-0.1, -0.05) is 12.1 Å². The highest BCUT2D eigenvalue weighted by molar-refractivity contribution is 6.06. The zero-order valence-corrected chi connectivity index (χ0v) is 12.1. The third-order valence-electron chi connectivity index (χ3n) is 3.92. The molecule has 1 aliphatic heterocycles. The minimum absolute atomic E-state index is 0.0679. The Balaban J connectivity index is 2.04. The van der Waals surface area contributed by atoms with Crippen LogP contribution in [-0.2, 0) is 0 Å². The van der Waals surface area contributed by atoms with E-state index in [1.807, 2.05) is 24.8 Å². The van der Waals surface area contributed by atoms with E-state index in [9.17, 15) is 4.79 Å². The van der Waals surface area contributed by atoms with E-state index in [1.54, 1.807) is 0 Å². The molecule has 106 valence electrons. The number of hydrogen-bond donors (Lipinski definition) is 0. The average Bonchev–Trinajstić information content (AvgIpc) is 2.78. The quantitative estimate of drug-likeness (QED) is 0.801. The van der Waals surface area contributed by atoms with Gasteiger partial charge in [0.15, 0.2) is 0 Å². The number of aryl methyl sites for hydroxylation is 2. The van der Waals surface area contributed by atoms with Crippen LogP contribution in [0.25, 0.3) is 11.1 Å². The van der Waals surface area contributed by atoms with Crippen molar-refractivity contribution in [3.8, 4) is 0 Å². The second-order valence-corrected chi connectivity index (χ2v) is 5.76. The molecule has 1 amide bonds. The molecule has 2 aromatic rings. The molecule has 0 aromatic carbocycles. The molecular weight excluding hydrogens is 254 g/mol. The lowest BCUT2D eigenvalue weighted by atomic mass is 9.99. The number of nitrogens with zero attached hydrogens (tertiary/aromatic N) is 3. The number of piperidine rings is 1. The summed E-state index contributed by atoms with van der Waals surface area (Å²) in [5.74, 6) is 0.632. The van der Waals surface area contributed by atoms with Gasteiger partial charge in [-0.05, 0) is 38.7 Å². The molecule has 0 spiro atoms. The maximum Gasteiger partial charge on any atom is 0.258 e. The van der Waals surface area contributed by atoms with Crippen LogP contribution < -0.4 is 0 Å². The van der Waals surface area contributed by atoms with E-state index in [0.717, 1.165) is 36.3 Å². The number of carbonyl (C=O) groups is 1. The van der Waals surface area contributed by atoms with Gasteiger partial charge >= 0.3 is 0 Å². The molecule has 20 heavy (non-hydrogen) atoms. The van der Waals surface area contributed by atoms with Crippen molar-refractivity contribution in [2.24, 2.45) is 5.92 Å². The molecule has 1 fully saturated rings. The molecule has 2 aromatic heterocycles. The Hall–Kier alpha value is -1.91. The van der Waals surface area contributed by atoms with Gasteiger partial charge in [0.1, 0.15) is 0 Å². The van der Waals surface area contributed by atoms with E-state index in [0.29, 0.717) is 17.2 Å². The van der Waals surface area contributed by atoms with Crippen LogP contribution in [0.15, 0.2) is 10.6 Å².